The van der Waals surface area contributed by atoms with Crippen molar-refractivity contribution < 1.29 is 10.2 Å². The Bertz CT molecular complexity index is 682. The maximum absolute atomic E-state index is 10.8. The zero-order valence-electron chi connectivity index (χ0n) is 21.3. The van der Waals surface area contributed by atoms with Crippen LogP contribution in [0.15, 0.2) is 11.6 Å². The van der Waals surface area contributed by atoms with Crippen LogP contribution in [0, 0.1) is 51.8 Å². The van der Waals surface area contributed by atoms with E-state index in [0.29, 0.717) is 17.3 Å². The van der Waals surface area contributed by atoms with Gasteiger partial charge in [0.25, 0.3) is 0 Å². The molecule has 4 aliphatic carbocycles. The predicted molar refractivity (Wildman–Crippen MR) is 130 cm³/mol. The Kier molecular flexibility index (Phi) is 6.50. The number of aliphatic hydroxyl groups excluding tert-OH is 2. The van der Waals surface area contributed by atoms with E-state index in [4.69, 9.17) is 0 Å². The molecule has 9 atom stereocenters. The molecule has 3 fully saturated rings. The highest BCUT2D eigenvalue weighted by Crippen LogP contribution is 2.68. The summed E-state index contributed by atoms with van der Waals surface area (Å²) in [5, 5.41) is 21.1. The van der Waals surface area contributed by atoms with Gasteiger partial charge in [0.1, 0.15) is 0 Å². The first-order valence-electron chi connectivity index (χ1n) is 13.6. The largest absolute Gasteiger partial charge is 0.396 e. The third kappa shape index (κ3) is 3.67. The molecule has 31 heavy (non-hydrogen) atoms. The zero-order valence-corrected chi connectivity index (χ0v) is 21.3. The average molecular weight is 431 g/mol. The summed E-state index contributed by atoms with van der Waals surface area (Å²) in [6, 6.07) is 0. The van der Waals surface area contributed by atoms with Crippen LogP contribution in [0.5, 0.6) is 0 Å². The van der Waals surface area contributed by atoms with Crippen molar-refractivity contribution in [1.29, 1.82) is 0 Å². The molecule has 0 radical (unpaired) electrons. The molecule has 0 spiro atoms. The van der Waals surface area contributed by atoms with E-state index in [9.17, 15) is 10.2 Å². The van der Waals surface area contributed by atoms with Crippen LogP contribution in [0.1, 0.15) is 106 Å². The summed E-state index contributed by atoms with van der Waals surface area (Å²) in [5.41, 5.74) is 2.17. The van der Waals surface area contributed by atoms with E-state index in [0.717, 1.165) is 42.9 Å². The van der Waals surface area contributed by atoms with Crippen LogP contribution in [0.25, 0.3) is 0 Å². The van der Waals surface area contributed by atoms with E-state index < -0.39 is 0 Å². The molecule has 1 unspecified atom stereocenters. The lowest BCUT2D eigenvalue weighted by atomic mass is 9.43. The molecular weight excluding hydrogens is 380 g/mol. The van der Waals surface area contributed by atoms with Crippen LogP contribution in [-0.2, 0) is 0 Å². The molecule has 2 heteroatoms. The van der Waals surface area contributed by atoms with E-state index in [1.165, 1.54) is 44.9 Å². The van der Waals surface area contributed by atoms with E-state index in [1.54, 1.807) is 5.57 Å². The smallest absolute Gasteiger partial charge is 0.0618 e. The highest BCUT2D eigenvalue weighted by Gasteiger charge is 2.61. The minimum absolute atomic E-state index is 0.113. The number of aliphatic hydroxyl groups is 2. The highest BCUT2D eigenvalue weighted by molar-refractivity contribution is 5.29. The van der Waals surface area contributed by atoms with Gasteiger partial charge >= 0.3 is 0 Å². The second kappa shape index (κ2) is 8.46. The van der Waals surface area contributed by atoms with Crippen LogP contribution in [0.3, 0.4) is 0 Å². The first-order valence-corrected chi connectivity index (χ1v) is 13.6. The Morgan fingerprint density at radius 1 is 0.935 bits per heavy atom. The van der Waals surface area contributed by atoms with Gasteiger partial charge in [0.2, 0.25) is 0 Å². The molecule has 0 aromatic carbocycles. The van der Waals surface area contributed by atoms with Crippen molar-refractivity contribution >= 4 is 0 Å². The van der Waals surface area contributed by atoms with Crippen molar-refractivity contribution in [3.05, 3.63) is 11.6 Å². The minimum atomic E-state index is -0.359. The second-order valence-corrected chi connectivity index (χ2v) is 13.4. The first-order chi connectivity index (χ1) is 14.6. The highest BCUT2D eigenvalue weighted by atomic mass is 16.3. The summed E-state index contributed by atoms with van der Waals surface area (Å²) in [6.45, 7) is 14.7. The molecule has 2 N–H and O–H groups in total. The molecule has 0 amide bonds. The molecule has 0 aromatic rings. The van der Waals surface area contributed by atoms with Crippen molar-refractivity contribution in [2.75, 3.05) is 6.61 Å². The van der Waals surface area contributed by atoms with Gasteiger partial charge in [-0.3, -0.25) is 0 Å². The van der Waals surface area contributed by atoms with Gasteiger partial charge in [0, 0.05) is 5.41 Å². The topological polar surface area (TPSA) is 40.5 Å². The van der Waals surface area contributed by atoms with Gasteiger partial charge in [0.05, 0.1) is 12.7 Å². The number of allylic oxidation sites excluding steroid dienone is 2. The second-order valence-electron chi connectivity index (χ2n) is 13.4. The number of fused-ring (bicyclic) bond motifs is 5. The molecular formula is C29H50O2. The molecule has 0 saturated heterocycles. The summed E-state index contributed by atoms with van der Waals surface area (Å²) in [5.74, 6) is 4.40. The molecule has 0 aromatic heterocycles. The van der Waals surface area contributed by atoms with Gasteiger partial charge < -0.3 is 10.2 Å². The lowest BCUT2D eigenvalue weighted by Crippen LogP contribution is -2.58. The third-order valence-corrected chi connectivity index (χ3v) is 11.3. The van der Waals surface area contributed by atoms with E-state index in [-0.39, 0.29) is 23.5 Å². The standard InChI is InChI=1S/C29H50O2/c1-19(2)8-7-9-20(3)22-11-12-23-21-10-13-25-28(5,24(21)14-16-27(22,23)4)17-15-26(31)29(25,6)18-30/h10,19-20,22-26,30-31H,7-9,11-18H2,1-6H3/t20-,22-,23+,24+,25-,26?,27-,28-,29+/m1/s1. The van der Waals surface area contributed by atoms with Crippen LogP contribution in [0.4, 0.5) is 0 Å². The normalized spacial score (nSPS) is 48.0. The summed E-state index contributed by atoms with van der Waals surface area (Å²) >= 11 is 0. The van der Waals surface area contributed by atoms with Crippen molar-refractivity contribution in [3.8, 4) is 0 Å². The third-order valence-electron chi connectivity index (χ3n) is 11.3. The van der Waals surface area contributed by atoms with Crippen LogP contribution in [0.2, 0.25) is 0 Å². The molecule has 4 rings (SSSR count). The maximum Gasteiger partial charge on any atom is 0.0618 e. The Hall–Kier alpha value is -0.340. The van der Waals surface area contributed by atoms with Crippen molar-refractivity contribution in [1.82, 2.24) is 0 Å². The Morgan fingerprint density at radius 3 is 2.29 bits per heavy atom. The molecule has 3 saturated carbocycles. The first kappa shape index (κ1) is 23.8. The molecule has 4 aliphatic rings. The number of hydrogen-bond acceptors (Lipinski definition) is 2. The predicted octanol–water partition coefficient (Wildman–Crippen LogP) is 7.00. The van der Waals surface area contributed by atoms with Gasteiger partial charge in [-0.15, -0.1) is 0 Å². The Balaban J connectivity index is 1.56. The Labute approximate surface area is 192 Å². The SMILES string of the molecule is CC(C)CCC[C@@H](C)[C@H]1CC[C@H]2C3=CC[C@@H]4[C@](C)(CCC(O)[C@@]4(C)CO)[C@H]3CC[C@]12C. The fourth-order valence-corrected chi connectivity index (χ4v) is 9.38. The Morgan fingerprint density at radius 2 is 1.61 bits per heavy atom. The monoisotopic (exact) mass is 430 g/mol. The van der Waals surface area contributed by atoms with E-state index >= 15 is 0 Å². The quantitative estimate of drug-likeness (QED) is 0.445. The van der Waals surface area contributed by atoms with E-state index in [2.05, 4.69) is 47.6 Å². The fourth-order valence-electron chi connectivity index (χ4n) is 9.38. The van der Waals surface area contributed by atoms with Gasteiger partial charge in [-0.2, -0.15) is 0 Å². The minimum Gasteiger partial charge on any atom is -0.396 e. The summed E-state index contributed by atoms with van der Waals surface area (Å²) in [7, 11) is 0. The van der Waals surface area contributed by atoms with Crippen LogP contribution >= 0.6 is 0 Å². The zero-order chi connectivity index (χ0) is 22.6. The molecule has 0 bridgehead atoms. The van der Waals surface area contributed by atoms with Gasteiger partial charge in [-0.1, -0.05) is 72.5 Å². The number of hydrogen-bond donors (Lipinski definition) is 2. The molecule has 178 valence electrons. The molecule has 0 heterocycles. The molecule has 0 aliphatic heterocycles. The number of rotatable bonds is 6. The van der Waals surface area contributed by atoms with Gasteiger partial charge in [-0.25, -0.2) is 0 Å². The van der Waals surface area contributed by atoms with Gasteiger partial charge in [0.15, 0.2) is 0 Å². The summed E-state index contributed by atoms with van der Waals surface area (Å²) in [4.78, 5) is 0. The maximum atomic E-state index is 10.8. The average Bonchev–Trinajstić information content (AvgIpc) is 3.08. The summed E-state index contributed by atoms with van der Waals surface area (Å²) < 4.78 is 0. The van der Waals surface area contributed by atoms with Crippen molar-refractivity contribution in [2.24, 2.45) is 51.8 Å². The van der Waals surface area contributed by atoms with Crippen LogP contribution < -0.4 is 0 Å². The van der Waals surface area contributed by atoms with Gasteiger partial charge in [-0.05, 0) is 91.3 Å². The molecule has 2 nitrogen and oxygen atoms in total. The van der Waals surface area contributed by atoms with Crippen LogP contribution in [-0.4, -0.2) is 22.9 Å². The van der Waals surface area contributed by atoms with Crippen molar-refractivity contribution in [3.63, 3.8) is 0 Å². The fraction of sp³-hybridized carbons (Fsp3) is 0.931. The summed E-state index contributed by atoms with van der Waals surface area (Å²) in [6.07, 6.45) is 14.9. The van der Waals surface area contributed by atoms with E-state index in [1.807, 2.05) is 0 Å². The lowest BCUT2D eigenvalue weighted by Gasteiger charge is -2.62. The lowest BCUT2D eigenvalue weighted by molar-refractivity contribution is -0.151. The van der Waals surface area contributed by atoms with Crippen molar-refractivity contribution in [2.45, 2.75) is 112 Å².